The van der Waals surface area contributed by atoms with Crippen LogP contribution in [-0.4, -0.2) is 23.4 Å². The second-order valence-electron chi connectivity index (χ2n) is 2.05. The minimum atomic E-state index is 0.0479. The lowest BCUT2D eigenvalue weighted by Crippen LogP contribution is -2.05. The maximum atomic E-state index is 8.36. The Morgan fingerprint density at radius 2 is 2.30 bits per heavy atom. The minimum absolute atomic E-state index is 0.0479. The zero-order valence-corrected chi connectivity index (χ0v) is 7.12. The molecule has 0 aromatic carbocycles. The quantitative estimate of drug-likeness (QED) is 0.621. The predicted octanol–water partition coefficient (Wildman–Crippen LogP) is 1.51. The van der Waals surface area contributed by atoms with Gasteiger partial charge in [-0.2, -0.15) is 0 Å². The molecule has 0 fully saturated rings. The highest BCUT2D eigenvalue weighted by molar-refractivity contribution is 7.80. The number of unbranched alkanes of at least 4 members (excludes halogenated alkanes) is 1. The van der Waals surface area contributed by atoms with Gasteiger partial charge < -0.3 is 9.84 Å². The molecular formula is C7H14O2S. The number of aliphatic hydroxyl groups is 1. The largest absolute Gasteiger partial charge is 0.485 e. The van der Waals surface area contributed by atoms with Crippen LogP contribution in [0, 0.1) is 0 Å². The van der Waals surface area contributed by atoms with Crippen molar-refractivity contribution >= 4 is 17.3 Å². The van der Waals surface area contributed by atoms with Gasteiger partial charge in [-0.1, -0.05) is 13.3 Å². The molecule has 0 atom stereocenters. The summed E-state index contributed by atoms with van der Waals surface area (Å²) in [5.41, 5.74) is 0. The molecule has 0 aliphatic rings. The Hall–Kier alpha value is -0.150. The van der Waals surface area contributed by atoms with Crippen LogP contribution in [0.3, 0.4) is 0 Å². The maximum Gasteiger partial charge on any atom is 0.159 e. The second kappa shape index (κ2) is 6.96. The van der Waals surface area contributed by atoms with E-state index in [4.69, 9.17) is 22.1 Å². The number of hydrogen-bond donors (Lipinski definition) is 1. The van der Waals surface area contributed by atoms with Gasteiger partial charge in [0.05, 0.1) is 6.61 Å². The average molecular weight is 162 g/mol. The molecule has 2 nitrogen and oxygen atoms in total. The van der Waals surface area contributed by atoms with E-state index < -0.39 is 0 Å². The summed E-state index contributed by atoms with van der Waals surface area (Å²) >= 11 is 4.85. The van der Waals surface area contributed by atoms with Crippen molar-refractivity contribution in [1.29, 1.82) is 0 Å². The lowest BCUT2D eigenvalue weighted by atomic mass is 10.3. The van der Waals surface area contributed by atoms with Gasteiger partial charge in [0.15, 0.2) is 5.05 Å². The minimum Gasteiger partial charge on any atom is -0.485 e. The van der Waals surface area contributed by atoms with Crippen LogP contribution in [0.5, 0.6) is 0 Å². The first-order chi connectivity index (χ1) is 4.81. The first kappa shape index (κ1) is 9.85. The fourth-order valence-corrected chi connectivity index (χ4v) is 0.780. The topological polar surface area (TPSA) is 29.5 Å². The molecule has 0 spiro atoms. The Bertz CT molecular complexity index is 83.6. The number of hydrogen-bond acceptors (Lipinski definition) is 3. The maximum absolute atomic E-state index is 8.36. The molecule has 0 aromatic heterocycles. The van der Waals surface area contributed by atoms with Crippen LogP contribution in [-0.2, 0) is 4.74 Å². The zero-order chi connectivity index (χ0) is 7.82. The molecule has 60 valence electrons. The van der Waals surface area contributed by atoms with Gasteiger partial charge in [0.25, 0.3) is 0 Å². The van der Waals surface area contributed by atoms with Crippen LogP contribution in [0.25, 0.3) is 0 Å². The zero-order valence-electron chi connectivity index (χ0n) is 6.30. The van der Waals surface area contributed by atoms with Crippen molar-refractivity contribution < 1.29 is 9.84 Å². The van der Waals surface area contributed by atoms with E-state index in [-0.39, 0.29) is 6.61 Å². The van der Waals surface area contributed by atoms with Crippen LogP contribution in [0.1, 0.15) is 26.2 Å². The van der Waals surface area contributed by atoms with Crippen molar-refractivity contribution in [1.82, 2.24) is 0 Å². The van der Waals surface area contributed by atoms with Crippen molar-refractivity contribution in [3.8, 4) is 0 Å². The lowest BCUT2D eigenvalue weighted by molar-refractivity contribution is 0.194. The second-order valence-corrected chi connectivity index (χ2v) is 2.50. The fraction of sp³-hybridized carbons (Fsp3) is 0.857. The van der Waals surface area contributed by atoms with E-state index in [1.54, 1.807) is 0 Å². The first-order valence-electron chi connectivity index (χ1n) is 3.57. The molecule has 1 N–H and O–H groups in total. The Morgan fingerprint density at radius 1 is 1.60 bits per heavy atom. The van der Waals surface area contributed by atoms with Gasteiger partial charge in [0, 0.05) is 6.42 Å². The average Bonchev–Trinajstić information content (AvgIpc) is 1.97. The normalized spacial score (nSPS) is 9.40. The summed E-state index contributed by atoms with van der Waals surface area (Å²) in [6.07, 6.45) is 3.04. The molecule has 0 radical (unpaired) electrons. The smallest absolute Gasteiger partial charge is 0.159 e. The van der Waals surface area contributed by atoms with E-state index in [2.05, 4.69) is 6.92 Å². The Balaban J connectivity index is 3.09. The molecule has 0 amide bonds. The highest BCUT2D eigenvalue weighted by Crippen LogP contribution is 1.97. The molecule has 3 heteroatoms. The summed E-state index contributed by atoms with van der Waals surface area (Å²) < 4.78 is 4.97. The molecule has 0 aliphatic carbocycles. The van der Waals surface area contributed by atoms with Crippen LogP contribution in [0.2, 0.25) is 0 Å². The lowest BCUT2D eigenvalue weighted by Gasteiger charge is -2.03. The van der Waals surface area contributed by atoms with Crippen molar-refractivity contribution in [3.05, 3.63) is 0 Å². The molecular weight excluding hydrogens is 148 g/mol. The molecule has 10 heavy (non-hydrogen) atoms. The van der Waals surface area contributed by atoms with Crippen molar-refractivity contribution in [2.45, 2.75) is 26.2 Å². The fourth-order valence-electron chi connectivity index (χ4n) is 0.553. The molecule has 0 aliphatic heterocycles. The Kier molecular flexibility index (Phi) is 6.86. The van der Waals surface area contributed by atoms with Crippen molar-refractivity contribution in [3.63, 3.8) is 0 Å². The Labute approximate surface area is 67.2 Å². The molecule has 0 heterocycles. The number of aliphatic hydroxyl groups excluding tert-OH is 1. The van der Waals surface area contributed by atoms with Crippen molar-refractivity contribution in [2.24, 2.45) is 0 Å². The Morgan fingerprint density at radius 3 is 2.80 bits per heavy atom. The van der Waals surface area contributed by atoms with Gasteiger partial charge >= 0.3 is 0 Å². The highest BCUT2D eigenvalue weighted by Gasteiger charge is 1.94. The molecule has 0 saturated carbocycles. The SMILES string of the molecule is CCCCC(=S)OCCO. The number of thiocarbonyl (C=S) groups is 1. The van der Waals surface area contributed by atoms with Gasteiger partial charge in [-0.15, -0.1) is 0 Å². The van der Waals surface area contributed by atoms with Crippen LogP contribution < -0.4 is 0 Å². The third kappa shape index (κ3) is 5.98. The molecule has 0 rings (SSSR count). The summed E-state index contributed by atoms with van der Waals surface area (Å²) in [4.78, 5) is 0. The summed E-state index contributed by atoms with van der Waals surface area (Å²) in [5.74, 6) is 0. The van der Waals surface area contributed by atoms with E-state index in [1.165, 1.54) is 0 Å². The van der Waals surface area contributed by atoms with Crippen molar-refractivity contribution in [2.75, 3.05) is 13.2 Å². The third-order valence-electron chi connectivity index (χ3n) is 1.09. The van der Waals surface area contributed by atoms with Crippen LogP contribution in [0.15, 0.2) is 0 Å². The standard InChI is InChI=1S/C7H14O2S/c1-2-3-4-7(10)9-6-5-8/h8H,2-6H2,1H3. The summed E-state index contributed by atoms with van der Waals surface area (Å²) in [5, 5.41) is 8.98. The molecule has 0 unspecified atom stereocenters. The summed E-state index contributed by atoms with van der Waals surface area (Å²) in [7, 11) is 0. The third-order valence-corrected chi connectivity index (χ3v) is 1.41. The number of rotatable bonds is 5. The van der Waals surface area contributed by atoms with E-state index in [0.717, 1.165) is 19.3 Å². The highest BCUT2D eigenvalue weighted by atomic mass is 32.1. The van der Waals surface area contributed by atoms with E-state index in [9.17, 15) is 0 Å². The molecule has 0 bridgehead atoms. The van der Waals surface area contributed by atoms with E-state index >= 15 is 0 Å². The van der Waals surface area contributed by atoms with Gasteiger partial charge in [-0.25, -0.2) is 0 Å². The summed E-state index contributed by atoms with van der Waals surface area (Å²) in [6, 6.07) is 0. The van der Waals surface area contributed by atoms with Gasteiger partial charge in [-0.05, 0) is 18.6 Å². The van der Waals surface area contributed by atoms with E-state index in [1.807, 2.05) is 0 Å². The van der Waals surface area contributed by atoms with E-state index in [0.29, 0.717) is 11.7 Å². The monoisotopic (exact) mass is 162 g/mol. The van der Waals surface area contributed by atoms with Gasteiger partial charge in [-0.3, -0.25) is 0 Å². The molecule has 0 aromatic rings. The predicted molar refractivity (Wildman–Crippen MR) is 45.2 cm³/mol. The number of ether oxygens (including phenoxy) is 1. The van der Waals surface area contributed by atoms with Gasteiger partial charge in [0.2, 0.25) is 0 Å². The first-order valence-corrected chi connectivity index (χ1v) is 3.98. The van der Waals surface area contributed by atoms with Crippen LogP contribution in [0.4, 0.5) is 0 Å². The summed E-state index contributed by atoms with van der Waals surface area (Å²) in [6.45, 7) is 2.49. The van der Waals surface area contributed by atoms with Crippen LogP contribution >= 0.6 is 12.2 Å². The van der Waals surface area contributed by atoms with Gasteiger partial charge in [0.1, 0.15) is 6.61 Å². The molecule has 0 saturated heterocycles.